The maximum absolute atomic E-state index is 12.1. The van der Waals surface area contributed by atoms with Crippen LogP contribution in [0.4, 0.5) is 10.5 Å². The number of hydrogen-bond acceptors (Lipinski definition) is 7. The highest BCUT2D eigenvalue weighted by atomic mass is 16.7. The van der Waals surface area contributed by atoms with Gasteiger partial charge in [0.1, 0.15) is 6.10 Å². The Labute approximate surface area is 189 Å². The van der Waals surface area contributed by atoms with Gasteiger partial charge in [0.05, 0.1) is 11.5 Å². The zero-order valence-corrected chi connectivity index (χ0v) is 19.0. The van der Waals surface area contributed by atoms with E-state index in [-0.39, 0.29) is 12.3 Å². The van der Waals surface area contributed by atoms with Gasteiger partial charge in [0, 0.05) is 37.8 Å². The SMILES string of the molecule is CCOC(=O)O[C@H](CN(Cc1ccc([N+](=O)[O-])cc1)CC(C)C)[C@@H](N)Cc1ccccc1. The molecule has 0 unspecified atom stereocenters. The van der Waals surface area contributed by atoms with E-state index >= 15 is 0 Å². The Morgan fingerprint density at radius 3 is 2.28 bits per heavy atom. The van der Waals surface area contributed by atoms with Crippen molar-refractivity contribution < 1.29 is 19.2 Å². The summed E-state index contributed by atoms with van der Waals surface area (Å²) in [6.07, 6.45) is -0.760. The van der Waals surface area contributed by atoms with E-state index in [1.54, 1.807) is 19.1 Å². The Balaban J connectivity index is 2.17. The van der Waals surface area contributed by atoms with Crippen LogP contribution < -0.4 is 5.73 Å². The normalized spacial score (nSPS) is 13.1. The summed E-state index contributed by atoms with van der Waals surface area (Å²) in [4.78, 5) is 24.8. The molecule has 2 atom stereocenters. The number of hydrogen-bond donors (Lipinski definition) is 1. The van der Waals surface area contributed by atoms with Gasteiger partial charge in [-0.05, 0) is 30.4 Å². The predicted octanol–water partition coefficient (Wildman–Crippen LogP) is 4.16. The number of nitro groups is 1. The van der Waals surface area contributed by atoms with Gasteiger partial charge in [0.15, 0.2) is 0 Å². The molecule has 0 fully saturated rings. The van der Waals surface area contributed by atoms with Crippen molar-refractivity contribution in [2.75, 3.05) is 19.7 Å². The van der Waals surface area contributed by atoms with E-state index in [2.05, 4.69) is 18.7 Å². The standard InChI is InChI=1S/C24H33N3O5/c1-4-31-24(28)32-23(22(25)14-19-8-6-5-7-9-19)17-26(15-18(2)3)16-20-10-12-21(13-11-20)27(29)30/h5-13,18,22-23H,4,14-17,25H2,1-3H3/t22-,23+/m0/s1. The molecule has 0 spiro atoms. The summed E-state index contributed by atoms with van der Waals surface area (Å²) >= 11 is 0. The van der Waals surface area contributed by atoms with Gasteiger partial charge in [-0.15, -0.1) is 0 Å². The molecule has 2 rings (SSSR count). The highest BCUT2D eigenvalue weighted by molar-refractivity contribution is 5.60. The van der Waals surface area contributed by atoms with E-state index in [1.165, 1.54) is 12.1 Å². The second kappa shape index (κ2) is 12.8. The van der Waals surface area contributed by atoms with E-state index in [1.807, 2.05) is 30.3 Å². The molecule has 174 valence electrons. The summed E-state index contributed by atoms with van der Waals surface area (Å²) < 4.78 is 10.6. The molecule has 0 amide bonds. The topological polar surface area (TPSA) is 108 Å². The first kappa shape index (κ1) is 25.3. The number of non-ortho nitro benzene ring substituents is 1. The molecule has 0 saturated carbocycles. The Hall–Kier alpha value is -2.97. The van der Waals surface area contributed by atoms with Gasteiger partial charge in [-0.25, -0.2) is 4.79 Å². The van der Waals surface area contributed by atoms with Gasteiger partial charge < -0.3 is 15.2 Å². The van der Waals surface area contributed by atoms with Crippen LogP contribution in [-0.2, 0) is 22.4 Å². The molecular formula is C24H33N3O5. The minimum absolute atomic E-state index is 0.0533. The molecule has 0 aliphatic rings. The summed E-state index contributed by atoms with van der Waals surface area (Å²) in [5.74, 6) is 0.363. The fraction of sp³-hybridized carbons (Fsp3) is 0.458. The predicted molar refractivity (Wildman–Crippen MR) is 123 cm³/mol. The number of carbonyl (C=O) groups is 1. The van der Waals surface area contributed by atoms with E-state index < -0.39 is 23.2 Å². The minimum atomic E-state index is -0.735. The molecule has 8 heteroatoms. The van der Waals surface area contributed by atoms with Gasteiger partial charge >= 0.3 is 6.16 Å². The Morgan fingerprint density at radius 2 is 1.72 bits per heavy atom. The zero-order chi connectivity index (χ0) is 23.5. The molecule has 0 saturated heterocycles. The smallest absolute Gasteiger partial charge is 0.435 e. The van der Waals surface area contributed by atoms with Crippen LogP contribution in [0.15, 0.2) is 54.6 Å². The second-order valence-electron chi connectivity index (χ2n) is 8.20. The molecule has 2 aromatic rings. The molecule has 0 heterocycles. The van der Waals surface area contributed by atoms with Gasteiger partial charge in [-0.1, -0.05) is 56.3 Å². The fourth-order valence-electron chi connectivity index (χ4n) is 3.51. The number of nitrogens with zero attached hydrogens (tertiary/aromatic N) is 2. The summed E-state index contributed by atoms with van der Waals surface area (Å²) in [5.41, 5.74) is 8.53. The molecule has 2 N–H and O–H groups in total. The van der Waals surface area contributed by atoms with Crippen LogP contribution in [-0.4, -0.2) is 47.8 Å². The van der Waals surface area contributed by atoms with Crippen molar-refractivity contribution in [3.63, 3.8) is 0 Å². The summed E-state index contributed by atoms with van der Waals surface area (Å²) in [5, 5.41) is 10.9. The number of carbonyl (C=O) groups excluding carboxylic acids is 1. The summed E-state index contributed by atoms with van der Waals surface area (Å²) in [6, 6.07) is 15.9. The lowest BCUT2D eigenvalue weighted by molar-refractivity contribution is -0.384. The van der Waals surface area contributed by atoms with Crippen molar-refractivity contribution in [2.45, 2.75) is 45.9 Å². The van der Waals surface area contributed by atoms with Crippen molar-refractivity contribution in [3.05, 3.63) is 75.8 Å². The number of rotatable bonds is 12. The van der Waals surface area contributed by atoms with Gasteiger partial charge in [0.2, 0.25) is 0 Å². The van der Waals surface area contributed by atoms with Crippen molar-refractivity contribution in [1.29, 1.82) is 0 Å². The lowest BCUT2D eigenvalue weighted by Gasteiger charge is -2.31. The number of nitro benzene ring substituents is 1. The van der Waals surface area contributed by atoms with Crippen LogP contribution in [0.5, 0.6) is 0 Å². The lowest BCUT2D eigenvalue weighted by atomic mass is 10.0. The molecular weight excluding hydrogens is 410 g/mol. The maximum Gasteiger partial charge on any atom is 0.508 e. The monoisotopic (exact) mass is 443 g/mol. The van der Waals surface area contributed by atoms with Crippen molar-refractivity contribution in [2.24, 2.45) is 11.7 Å². The van der Waals surface area contributed by atoms with E-state index in [0.717, 1.165) is 17.7 Å². The fourth-order valence-corrected chi connectivity index (χ4v) is 3.51. The summed E-state index contributed by atoms with van der Waals surface area (Å²) in [6.45, 7) is 7.87. The molecule has 0 radical (unpaired) electrons. The molecule has 0 aliphatic heterocycles. The molecule has 0 aromatic heterocycles. The molecule has 0 bridgehead atoms. The quantitative estimate of drug-likeness (QED) is 0.298. The van der Waals surface area contributed by atoms with Crippen molar-refractivity contribution in [3.8, 4) is 0 Å². The molecule has 8 nitrogen and oxygen atoms in total. The number of ether oxygens (including phenoxy) is 2. The third-order valence-electron chi connectivity index (χ3n) is 4.92. The highest BCUT2D eigenvalue weighted by Gasteiger charge is 2.26. The average Bonchev–Trinajstić information content (AvgIpc) is 2.74. The second-order valence-corrected chi connectivity index (χ2v) is 8.20. The van der Waals surface area contributed by atoms with Crippen molar-refractivity contribution in [1.82, 2.24) is 4.90 Å². The first-order chi connectivity index (χ1) is 15.3. The number of nitrogens with two attached hydrogens (primary N) is 1. The van der Waals surface area contributed by atoms with Gasteiger partial charge in [-0.3, -0.25) is 15.0 Å². The largest absolute Gasteiger partial charge is 0.508 e. The molecule has 32 heavy (non-hydrogen) atoms. The van der Waals surface area contributed by atoms with E-state index in [9.17, 15) is 14.9 Å². The highest BCUT2D eigenvalue weighted by Crippen LogP contribution is 2.16. The van der Waals surface area contributed by atoms with Crippen LogP contribution in [0.25, 0.3) is 0 Å². The lowest BCUT2D eigenvalue weighted by Crippen LogP contribution is -2.47. The summed E-state index contributed by atoms with van der Waals surface area (Å²) in [7, 11) is 0. The number of benzene rings is 2. The first-order valence-electron chi connectivity index (χ1n) is 10.9. The Bertz CT molecular complexity index is 842. The van der Waals surface area contributed by atoms with Crippen LogP contribution in [0.1, 0.15) is 31.9 Å². The van der Waals surface area contributed by atoms with Crippen LogP contribution in [0.3, 0.4) is 0 Å². The molecule has 2 aromatic carbocycles. The Morgan fingerprint density at radius 1 is 1.06 bits per heavy atom. The maximum atomic E-state index is 12.1. The van der Waals surface area contributed by atoms with Crippen molar-refractivity contribution >= 4 is 11.8 Å². The van der Waals surface area contributed by atoms with Crippen LogP contribution >= 0.6 is 0 Å². The zero-order valence-electron chi connectivity index (χ0n) is 19.0. The average molecular weight is 444 g/mol. The van der Waals surface area contributed by atoms with Gasteiger partial charge in [0.25, 0.3) is 5.69 Å². The minimum Gasteiger partial charge on any atom is -0.435 e. The third-order valence-corrected chi connectivity index (χ3v) is 4.92. The van der Waals surface area contributed by atoms with Crippen LogP contribution in [0.2, 0.25) is 0 Å². The van der Waals surface area contributed by atoms with E-state index in [4.69, 9.17) is 15.2 Å². The van der Waals surface area contributed by atoms with Gasteiger partial charge in [-0.2, -0.15) is 0 Å². The third kappa shape index (κ3) is 8.64. The van der Waals surface area contributed by atoms with Crippen LogP contribution in [0, 0.1) is 16.0 Å². The first-order valence-corrected chi connectivity index (χ1v) is 10.9. The Kier molecular flexibility index (Phi) is 10.1. The molecule has 0 aliphatic carbocycles. The van der Waals surface area contributed by atoms with E-state index in [0.29, 0.717) is 25.4 Å².